The van der Waals surface area contributed by atoms with Crippen LogP contribution in [-0.4, -0.2) is 38.1 Å². The fourth-order valence-corrected chi connectivity index (χ4v) is 1.84. The van der Waals surface area contributed by atoms with Crippen molar-refractivity contribution in [2.24, 2.45) is 0 Å². The number of rotatable bonds is 4. The van der Waals surface area contributed by atoms with Gasteiger partial charge in [0.1, 0.15) is 0 Å². The second kappa shape index (κ2) is 8.15. The van der Waals surface area contributed by atoms with Gasteiger partial charge >= 0.3 is 20.2 Å². The Balaban J connectivity index is 0. The van der Waals surface area contributed by atoms with Crippen LogP contribution in [0.2, 0.25) is 0 Å². The normalized spacial score (nSPS) is 16.4. The van der Waals surface area contributed by atoms with Crippen LogP contribution in [-0.2, 0) is 4.57 Å². The van der Waals surface area contributed by atoms with Gasteiger partial charge in [-0.1, -0.05) is 34.1 Å². The molecule has 23 heavy (non-hydrogen) atoms. The highest BCUT2D eigenvalue weighted by Crippen LogP contribution is 2.41. The molecule has 0 aromatic carbocycles. The third kappa shape index (κ3) is 24.0. The lowest BCUT2D eigenvalue weighted by atomic mass is 9.88. The molecule has 0 saturated heterocycles. The van der Waals surface area contributed by atoms with Crippen molar-refractivity contribution in [3.8, 4) is 0 Å². The van der Waals surface area contributed by atoms with Crippen molar-refractivity contribution >= 4 is 7.82 Å². The number of phosphoric acid groups is 1. The summed E-state index contributed by atoms with van der Waals surface area (Å²) in [5.41, 5.74) is -2.56. The molecule has 0 aliphatic heterocycles. The summed E-state index contributed by atoms with van der Waals surface area (Å²) >= 11 is 0. The number of halogens is 6. The first-order chi connectivity index (χ1) is 9.62. The summed E-state index contributed by atoms with van der Waals surface area (Å²) in [6.45, 7) is 5.82. The third-order valence-corrected chi connectivity index (χ3v) is 2.13. The van der Waals surface area contributed by atoms with Crippen molar-refractivity contribution in [2.75, 3.05) is 0 Å². The minimum absolute atomic E-state index is 0.659. The first kappa shape index (κ1) is 24.9. The van der Waals surface area contributed by atoms with Crippen molar-refractivity contribution < 1.29 is 45.6 Å². The molecule has 0 radical (unpaired) electrons. The van der Waals surface area contributed by atoms with Crippen LogP contribution in [0.25, 0.3) is 5.32 Å². The Kier molecular flexibility index (Phi) is 8.83. The van der Waals surface area contributed by atoms with Crippen molar-refractivity contribution in [1.29, 1.82) is 0 Å². The van der Waals surface area contributed by atoms with Gasteiger partial charge in [0.2, 0.25) is 0 Å². The highest BCUT2D eigenvalue weighted by molar-refractivity contribution is 7.45. The Morgan fingerprint density at radius 2 is 1.17 bits per heavy atom. The molecule has 0 rings (SSSR count). The van der Waals surface area contributed by atoms with Crippen LogP contribution in [0, 0.1) is 0 Å². The zero-order chi connectivity index (χ0) is 19.3. The molecule has 0 aromatic rings. The van der Waals surface area contributed by atoms with Crippen molar-refractivity contribution in [3.05, 3.63) is 5.32 Å². The Morgan fingerprint density at radius 1 is 0.826 bits per heavy atom. The molecule has 0 spiro atoms. The molecular formula is C11H21F6NO4P-. The molecule has 0 aromatic heterocycles. The minimum atomic E-state index is -4.64. The summed E-state index contributed by atoms with van der Waals surface area (Å²) in [5.74, 6) is 0. The van der Waals surface area contributed by atoms with Crippen LogP contribution in [0.15, 0.2) is 0 Å². The topological polar surface area (TPSA) is 91.9 Å². The molecule has 1 atom stereocenters. The van der Waals surface area contributed by atoms with Crippen LogP contribution >= 0.6 is 7.82 Å². The van der Waals surface area contributed by atoms with E-state index < -0.39 is 50.5 Å². The van der Waals surface area contributed by atoms with Crippen LogP contribution in [0.5, 0.6) is 0 Å². The quantitative estimate of drug-likeness (QED) is 0.504. The predicted octanol–water partition coefficient (Wildman–Crippen LogP) is 4.28. The standard InChI is InChI=1S/C11H18F6N.H3O4P/c1-8(2,3)18-9(4,7-11(15,16)17)5-6-10(12,13)14;1-5(2,3)4/h5-7H2,1-4H3;(H3,1,2,3,4)/q-1;. The number of alkyl halides is 6. The molecule has 0 saturated carbocycles. The zero-order valence-corrected chi connectivity index (χ0v) is 13.9. The van der Waals surface area contributed by atoms with E-state index >= 15 is 0 Å². The molecule has 0 amide bonds. The highest BCUT2D eigenvalue weighted by atomic mass is 31.2. The molecule has 12 heteroatoms. The first-order valence-electron chi connectivity index (χ1n) is 6.28. The maximum atomic E-state index is 12.4. The molecule has 0 aliphatic rings. The van der Waals surface area contributed by atoms with Gasteiger partial charge < -0.3 is 20.0 Å². The number of nitrogens with zero attached hydrogens (tertiary/aromatic N) is 1. The van der Waals surface area contributed by atoms with Crippen molar-refractivity contribution in [2.45, 2.75) is 70.4 Å². The van der Waals surface area contributed by atoms with Crippen LogP contribution in [0.3, 0.4) is 0 Å². The van der Waals surface area contributed by atoms with E-state index in [0.29, 0.717) is 0 Å². The molecule has 142 valence electrons. The second-order valence-corrected chi connectivity index (χ2v) is 7.23. The average Bonchev–Trinajstić information content (AvgIpc) is 2.03. The highest BCUT2D eigenvalue weighted by Gasteiger charge is 2.37. The number of hydrogen-bond donors (Lipinski definition) is 3. The van der Waals surface area contributed by atoms with E-state index in [-0.39, 0.29) is 0 Å². The van der Waals surface area contributed by atoms with Crippen molar-refractivity contribution in [3.63, 3.8) is 0 Å². The van der Waals surface area contributed by atoms with Gasteiger partial charge in [-0.3, -0.25) is 0 Å². The maximum absolute atomic E-state index is 12.4. The van der Waals surface area contributed by atoms with Crippen LogP contribution in [0.1, 0.15) is 47.0 Å². The van der Waals surface area contributed by atoms with Crippen LogP contribution in [0.4, 0.5) is 26.3 Å². The summed E-state index contributed by atoms with van der Waals surface area (Å²) in [6, 6.07) is 0. The smallest absolute Gasteiger partial charge is 0.466 e. The van der Waals surface area contributed by atoms with Gasteiger partial charge in [0.05, 0.1) is 0 Å². The Bertz CT molecular complexity index is 375. The fourth-order valence-electron chi connectivity index (χ4n) is 1.84. The molecule has 0 heterocycles. The summed E-state index contributed by atoms with van der Waals surface area (Å²) in [4.78, 5) is 21.6. The Labute approximate surface area is 130 Å². The lowest BCUT2D eigenvalue weighted by molar-refractivity contribution is -0.156. The lowest BCUT2D eigenvalue weighted by Gasteiger charge is -2.53. The van der Waals surface area contributed by atoms with Crippen molar-refractivity contribution in [1.82, 2.24) is 0 Å². The summed E-state index contributed by atoms with van der Waals surface area (Å²) in [7, 11) is -4.64. The van der Waals surface area contributed by atoms with Gasteiger partial charge in [0, 0.05) is 12.8 Å². The van der Waals surface area contributed by atoms with E-state index in [1.165, 1.54) is 0 Å². The van der Waals surface area contributed by atoms with Gasteiger partial charge in [-0.15, -0.1) is 11.1 Å². The largest absolute Gasteiger partial charge is 0.652 e. The molecule has 0 bridgehead atoms. The summed E-state index contributed by atoms with van der Waals surface area (Å²) < 4.78 is 82.5. The second-order valence-electron chi connectivity index (χ2n) is 6.20. The fraction of sp³-hybridized carbons (Fsp3) is 1.00. The molecular weight excluding hydrogens is 355 g/mol. The maximum Gasteiger partial charge on any atom is 0.466 e. The molecule has 1 unspecified atom stereocenters. The molecule has 3 N–H and O–H groups in total. The van der Waals surface area contributed by atoms with E-state index in [2.05, 4.69) is 5.32 Å². The molecule has 0 fully saturated rings. The van der Waals surface area contributed by atoms with E-state index in [9.17, 15) is 26.3 Å². The first-order valence-corrected chi connectivity index (χ1v) is 7.84. The van der Waals surface area contributed by atoms with Gasteiger partial charge in [0.25, 0.3) is 0 Å². The van der Waals surface area contributed by atoms with E-state index in [4.69, 9.17) is 19.2 Å². The van der Waals surface area contributed by atoms with Crippen LogP contribution < -0.4 is 0 Å². The third-order valence-electron chi connectivity index (χ3n) is 2.13. The van der Waals surface area contributed by atoms with Gasteiger partial charge in [-0.05, 0) is 0 Å². The van der Waals surface area contributed by atoms with E-state index in [1.807, 2.05) is 0 Å². The van der Waals surface area contributed by atoms with E-state index in [0.717, 1.165) is 6.92 Å². The molecule has 5 nitrogen and oxygen atoms in total. The SMILES string of the molecule is CC(C)(C)[N-]C(C)(CCC(F)(F)F)CC(F)(F)F.O=P(O)(O)O. The van der Waals surface area contributed by atoms with Gasteiger partial charge in [-0.2, -0.15) is 26.3 Å². The minimum Gasteiger partial charge on any atom is -0.652 e. The van der Waals surface area contributed by atoms with Gasteiger partial charge in [0.15, 0.2) is 0 Å². The Morgan fingerprint density at radius 3 is 1.39 bits per heavy atom. The molecule has 0 aliphatic carbocycles. The summed E-state index contributed by atoms with van der Waals surface area (Å²) in [5, 5.41) is 3.91. The van der Waals surface area contributed by atoms with Gasteiger partial charge in [-0.25, -0.2) is 4.57 Å². The van der Waals surface area contributed by atoms with E-state index in [1.54, 1.807) is 20.8 Å². The lowest BCUT2D eigenvalue weighted by Crippen LogP contribution is -2.37. The predicted molar refractivity (Wildman–Crippen MR) is 71.7 cm³/mol. The Hall–Kier alpha value is -0.350. The monoisotopic (exact) mass is 376 g/mol. The zero-order valence-electron chi connectivity index (χ0n) is 13.0. The number of hydrogen-bond acceptors (Lipinski definition) is 1. The average molecular weight is 376 g/mol. The summed E-state index contributed by atoms with van der Waals surface area (Å²) in [6.07, 6.45) is -12.3.